The van der Waals surface area contributed by atoms with Crippen LogP contribution in [0.5, 0.6) is 0 Å². The Bertz CT molecular complexity index is 798. The molecule has 1 heterocycles. The summed E-state index contributed by atoms with van der Waals surface area (Å²) in [6.07, 6.45) is 2.98. The number of pyridine rings is 1. The van der Waals surface area contributed by atoms with Crippen LogP contribution in [0.25, 0.3) is 0 Å². The van der Waals surface area contributed by atoms with E-state index in [1.807, 2.05) is 6.07 Å². The van der Waals surface area contributed by atoms with Crippen molar-refractivity contribution in [1.82, 2.24) is 4.98 Å². The molecule has 7 heteroatoms. The van der Waals surface area contributed by atoms with Crippen LogP contribution in [0.15, 0.2) is 41.6 Å². The number of halogens is 1. The van der Waals surface area contributed by atoms with Gasteiger partial charge < -0.3 is 0 Å². The zero-order valence-corrected chi connectivity index (χ0v) is 12.0. The zero-order valence-electron chi connectivity index (χ0n) is 10.5. The minimum atomic E-state index is -3.87. The summed E-state index contributed by atoms with van der Waals surface area (Å²) < 4.78 is 27.0. The van der Waals surface area contributed by atoms with Crippen molar-refractivity contribution >= 4 is 27.3 Å². The second-order valence-electron chi connectivity index (χ2n) is 4.05. The fourth-order valence-corrected chi connectivity index (χ4v) is 3.19. The summed E-state index contributed by atoms with van der Waals surface area (Å²) in [6, 6.07) is 7.63. The Balaban J connectivity index is 2.47. The van der Waals surface area contributed by atoms with Crippen molar-refractivity contribution in [2.45, 2.75) is 11.8 Å². The Kier molecular flexibility index (Phi) is 3.93. The molecule has 2 aromatic rings. The van der Waals surface area contributed by atoms with Gasteiger partial charge in [-0.1, -0.05) is 11.6 Å². The van der Waals surface area contributed by atoms with E-state index < -0.39 is 10.0 Å². The van der Waals surface area contributed by atoms with Crippen molar-refractivity contribution < 1.29 is 8.42 Å². The first-order chi connectivity index (χ1) is 9.44. The van der Waals surface area contributed by atoms with Crippen LogP contribution in [0.1, 0.15) is 11.1 Å². The number of aromatic nitrogens is 1. The van der Waals surface area contributed by atoms with E-state index in [4.69, 9.17) is 16.9 Å². The quantitative estimate of drug-likeness (QED) is 0.945. The fourth-order valence-electron chi connectivity index (χ4n) is 1.55. The van der Waals surface area contributed by atoms with E-state index in [-0.39, 0.29) is 15.5 Å². The average Bonchev–Trinajstić information content (AvgIpc) is 2.41. The molecule has 0 aliphatic carbocycles. The van der Waals surface area contributed by atoms with Crippen LogP contribution in [-0.4, -0.2) is 13.4 Å². The van der Waals surface area contributed by atoms with Gasteiger partial charge in [0.1, 0.15) is 4.90 Å². The first-order valence-electron chi connectivity index (χ1n) is 5.57. The third-order valence-electron chi connectivity index (χ3n) is 2.63. The van der Waals surface area contributed by atoms with Crippen LogP contribution in [0.2, 0.25) is 5.02 Å². The van der Waals surface area contributed by atoms with Gasteiger partial charge in [0.05, 0.1) is 28.5 Å². The van der Waals surface area contributed by atoms with Crippen LogP contribution in [0, 0.1) is 18.3 Å². The first kappa shape index (κ1) is 14.3. The van der Waals surface area contributed by atoms with Crippen LogP contribution in [-0.2, 0) is 10.0 Å². The molecular weight excluding hydrogens is 298 g/mol. The van der Waals surface area contributed by atoms with E-state index in [2.05, 4.69) is 9.71 Å². The second-order valence-corrected chi connectivity index (χ2v) is 6.11. The molecule has 5 nitrogen and oxygen atoms in total. The minimum absolute atomic E-state index is 0.0537. The van der Waals surface area contributed by atoms with Gasteiger partial charge in [-0.2, -0.15) is 5.26 Å². The number of nitrogens with one attached hydrogen (secondary N) is 1. The third-order valence-corrected chi connectivity index (χ3v) is 4.48. The predicted octanol–water partition coefficient (Wildman–Crippen LogP) is 2.72. The number of anilines is 1. The molecule has 0 saturated heterocycles. The van der Waals surface area contributed by atoms with E-state index in [0.29, 0.717) is 5.69 Å². The topological polar surface area (TPSA) is 82.8 Å². The molecule has 0 spiro atoms. The lowest BCUT2D eigenvalue weighted by atomic mass is 10.2. The summed E-state index contributed by atoms with van der Waals surface area (Å²) in [5.41, 5.74) is 1.32. The Morgan fingerprint density at radius 2 is 2.10 bits per heavy atom. The van der Waals surface area contributed by atoms with Gasteiger partial charge in [0.25, 0.3) is 10.0 Å². The lowest BCUT2D eigenvalue weighted by Gasteiger charge is -2.11. The van der Waals surface area contributed by atoms with Gasteiger partial charge in [0.15, 0.2) is 0 Å². The molecule has 0 bridgehead atoms. The molecule has 0 fully saturated rings. The van der Waals surface area contributed by atoms with Gasteiger partial charge in [-0.15, -0.1) is 0 Å². The molecule has 1 aromatic heterocycles. The number of benzene rings is 1. The van der Waals surface area contributed by atoms with E-state index in [1.165, 1.54) is 24.4 Å². The van der Waals surface area contributed by atoms with Crippen molar-refractivity contribution in [2.24, 2.45) is 0 Å². The summed E-state index contributed by atoms with van der Waals surface area (Å²) in [7, 11) is -3.87. The smallest absolute Gasteiger partial charge is 0.263 e. The monoisotopic (exact) mass is 307 g/mol. The summed E-state index contributed by atoms with van der Waals surface area (Å²) in [5, 5.41) is 8.89. The number of nitriles is 1. The van der Waals surface area contributed by atoms with Crippen LogP contribution in [0.3, 0.4) is 0 Å². The Morgan fingerprint density at radius 3 is 2.75 bits per heavy atom. The van der Waals surface area contributed by atoms with Crippen molar-refractivity contribution in [3.63, 3.8) is 0 Å². The van der Waals surface area contributed by atoms with Gasteiger partial charge >= 0.3 is 0 Å². The van der Waals surface area contributed by atoms with Crippen LogP contribution >= 0.6 is 11.6 Å². The molecule has 0 atom stereocenters. The molecule has 0 unspecified atom stereocenters. The predicted molar refractivity (Wildman–Crippen MR) is 75.9 cm³/mol. The van der Waals surface area contributed by atoms with Gasteiger partial charge in [-0.05, 0) is 36.8 Å². The molecule has 1 N–H and O–H groups in total. The molecule has 1 aromatic carbocycles. The Hall–Kier alpha value is -2.10. The highest BCUT2D eigenvalue weighted by Crippen LogP contribution is 2.25. The lowest BCUT2D eigenvalue weighted by molar-refractivity contribution is 0.601. The summed E-state index contributed by atoms with van der Waals surface area (Å²) >= 11 is 5.90. The molecule has 0 aliphatic rings. The van der Waals surface area contributed by atoms with E-state index in [9.17, 15) is 8.42 Å². The van der Waals surface area contributed by atoms with Gasteiger partial charge in [-0.25, -0.2) is 8.42 Å². The SMILES string of the molecule is Cc1ccncc1NS(=O)(=O)c1cc(C#N)ccc1Cl. The maximum Gasteiger partial charge on any atom is 0.263 e. The summed E-state index contributed by atoms with van der Waals surface area (Å²) in [4.78, 5) is 3.73. The maximum atomic E-state index is 12.3. The third kappa shape index (κ3) is 2.90. The molecule has 0 aliphatic heterocycles. The zero-order chi connectivity index (χ0) is 14.8. The second kappa shape index (κ2) is 5.49. The van der Waals surface area contributed by atoms with Gasteiger partial charge in [0, 0.05) is 6.20 Å². The van der Waals surface area contributed by atoms with E-state index >= 15 is 0 Å². The summed E-state index contributed by atoms with van der Waals surface area (Å²) in [6.45, 7) is 1.76. The first-order valence-corrected chi connectivity index (χ1v) is 7.43. The van der Waals surface area contributed by atoms with Crippen molar-refractivity contribution in [3.8, 4) is 6.07 Å². The molecule has 0 radical (unpaired) electrons. The highest BCUT2D eigenvalue weighted by Gasteiger charge is 2.19. The molecule has 0 amide bonds. The minimum Gasteiger partial charge on any atom is -0.278 e. The molecule has 0 saturated carbocycles. The maximum absolute atomic E-state index is 12.3. The molecule has 102 valence electrons. The average molecular weight is 308 g/mol. The summed E-state index contributed by atoms with van der Waals surface area (Å²) in [5.74, 6) is 0. The number of rotatable bonds is 3. The molecule has 2 rings (SSSR count). The molecule has 20 heavy (non-hydrogen) atoms. The largest absolute Gasteiger partial charge is 0.278 e. The number of hydrogen-bond donors (Lipinski definition) is 1. The van der Waals surface area contributed by atoms with Gasteiger partial charge in [-0.3, -0.25) is 9.71 Å². The van der Waals surface area contributed by atoms with E-state index in [1.54, 1.807) is 19.2 Å². The Labute approximate surface area is 121 Å². The Morgan fingerprint density at radius 1 is 1.35 bits per heavy atom. The number of sulfonamides is 1. The molecular formula is C13H10ClN3O2S. The lowest BCUT2D eigenvalue weighted by Crippen LogP contribution is -2.14. The highest BCUT2D eigenvalue weighted by atomic mass is 35.5. The number of aryl methyl sites for hydroxylation is 1. The number of hydrogen-bond acceptors (Lipinski definition) is 4. The van der Waals surface area contributed by atoms with Crippen molar-refractivity contribution in [3.05, 3.63) is 52.8 Å². The van der Waals surface area contributed by atoms with Crippen molar-refractivity contribution in [1.29, 1.82) is 5.26 Å². The normalized spacial score (nSPS) is 10.8. The van der Waals surface area contributed by atoms with Crippen LogP contribution in [0.4, 0.5) is 5.69 Å². The van der Waals surface area contributed by atoms with Gasteiger partial charge in [0.2, 0.25) is 0 Å². The number of nitrogens with zero attached hydrogens (tertiary/aromatic N) is 2. The van der Waals surface area contributed by atoms with Crippen molar-refractivity contribution in [2.75, 3.05) is 4.72 Å². The standard InChI is InChI=1S/C13H10ClN3O2S/c1-9-4-5-16-8-12(9)17-20(18,19)13-6-10(7-15)2-3-11(13)14/h2-6,8,17H,1H3. The van der Waals surface area contributed by atoms with E-state index in [0.717, 1.165) is 5.56 Å². The fraction of sp³-hybridized carbons (Fsp3) is 0.0769. The highest BCUT2D eigenvalue weighted by molar-refractivity contribution is 7.92. The van der Waals surface area contributed by atoms with Crippen LogP contribution < -0.4 is 4.72 Å².